The van der Waals surface area contributed by atoms with Crippen molar-refractivity contribution >= 4 is 23.4 Å². The number of phenols is 1. The Balaban J connectivity index is 2.57. The Morgan fingerprint density at radius 2 is 2.05 bits per heavy atom. The minimum absolute atomic E-state index is 0.00596. The van der Waals surface area contributed by atoms with Crippen LogP contribution in [0.25, 0.3) is 11.6 Å². The number of anilines is 1. The first-order valence-corrected chi connectivity index (χ1v) is 6.24. The normalized spacial score (nSPS) is 10.8. The smallest absolute Gasteiger partial charge is 0.267 e. The number of amides is 1. The summed E-state index contributed by atoms with van der Waals surface area (Å²) in [5.74, 6) is 4.60. The Kier molecular flexibility index (Phi) is 4.36. The van der Waals surface area contributed by atoms with Crippen LogP contribution in [0.4, 0.5) is 5.82 Å². The Bertz CT molecular complexity index is 793. The van der Waals surface area contributed by atoms with Gasteiger partial charge in [-0.2, -0.15) is 5.26 Å². The lowest BCUT2D eigenvalue weighted by atomic mass is 10.1. The average Bonchev–Trinajstić information content (AvgIpc) is 2.53. The molecular formula is C15H13N5O2. The molecule has 1 aromatic heterocycles. The summed E-state index contributed by atoms with van der Waals surface area (Å²) in [5.41, 5.74) is 8.66. The van der Waals surface area contributed by atoms with Gasteiger partial charge in [-0.3, -0.25) is 10.2 Å². The molecule has 6 N–H and O–H groups in total. The van der Waals surface area contributed by atoms with E-state index < -0.39 is 5.91 Å². The second-order valence-corrected chi connectivity index (χ2v) is 4.33. The molecule has 0 fully saturated rings. The Morgan fingerprint density at radius 3 is 2.64 bits per heavy atom. The predicted molar refractivity (Wildman–Crippen MR) is 81.7 cm³/mol. The zero-order valence-electron chi connectivity index (χ0n) is 11.4. The third-order valence-electron chi connectivity index (χ3n) is 2.93. The molecule has 110 valence electrons. The van der Waals surface area contributed by atoms with Crippen molar-refractivity contribution in [2.24, 2.45) is 5.84 Å². The first kappa shape index (κ1) is 15.0. The molecule has 7 heteroatoms. The molecule has 0 unspecified atom stereocenters. The molecule has 1 amide bonds. The number of phenolic OH excluding ortho intramolecular Hbond substituents is 1. The standard InChI is InChI=1S/C15H13N5O2/c16-8-10-5-6-12(19-14(10)17)11(15(22)20-18)7-9-3-1-2-4-13(9)21/h1-7,21H,18H2,(H2,17,19)(H,20,22). The summed E-state index contributed by atoms with van der Waals surface area (Å²) < 4.78 is 0. The molecule has 0 saturated heterocycles. The summed E-state index contributed by atoms with van der Waals surface area (Å²) in [5, 5.41) is 18.7. The van der Waals surface area contributed by atoms with Gasteiger partial charge >= 0.3 is 0 Å². The highest BCUT2D eigenvalue weighted by Crippen LogP contribution is 2.24. The van der Waals surface area contributed by atoms with Crippen LogP contribution in [-0.4, -0.2) is 16.0 Å². The fourth-order valence-corrected chi connectivity index (χ4v) is 1.82. The fraction of sp³-hybridized carbons (Fsp3) is 0. The van der Waals surface area contributed by atoms with Crippen LogP contribution in [0, 0.1) is 11.3 Å². The van der Waals surface area contributed by atoms with Gasteiger partial charge in [0.05, 0.1) is 16.8 Å². The minimum atomic E-state index is -0.597. The van der Waals surface area contributed by atoms with Crippen LogP contribution in [0.1, 0.15) is 16.8 Å². The van der Waals surface area contributed by atoms with Crippen LogP contribution >= 0.6 is 0 Å². The first-order valence-electron chi connectivity index (χ1n) is 6.24. The van der Waals surface area contributed by atoms with Crippen molar-refractivity contribution in [3.8, 4) is 11.8 Å². The molecule has 22 heavy (non-hydrogen) atoms. The summed E-state index contributed by atoms with van der Waals surface area (Å²) in [6.07, 6.45) is 1.44. The van der Waals surface area contributed by atoms with Gasteiger partial charge in [-0.1, -0.05) is 18.2 Å². The number of aromatic hydroxyl groups is 1. The molecule has 2 rings (SSSR count). The molecule has 0 saturated carbocycles. The lowest BCUT2D eigenvalue weighted by Gasteiger charge is -2.08. The molecule has 0 aliphatic carbocycles. The van der Waals surface area contributed by atoms with Crippen LogP contribution in [0.15, 0.2) is 36.4 Å². The molecule has 1 heterocycles. The van der Waals surface area contributed by atoms with E-state index in [1.807, 2.05) is 11.5 Å². The SMILES string of the molecule is N#Cc1ccc(C(=Cc2ccccc2O)C(=O)NN)nc1N. The van der Waals surface area contributed by atoms with Crippen LogP contribution in [0.2, 0.25) is 0 Å². The highest BCUT2D eigenvalue weighted by Gasteiger charge is 2.15. The second-order valence-electron chi connectivity index (χ2n) is 4.33. The molecule has 0 aliphatic heterocycles. The number of pyridine rings is 1. The van der Waals surface area contributed by atoms with Crippen LogP contribution in [0.5, 0.6) is 5.75 Å². The maximum atomic E-state index is 12.0. The molecule has 7 nitrogen and oxygen atoms in total. The van der Waals surface area contributed by atoms with Gasteiger partial charge in [0.1, 0.15) is 17.6 Å². The highest BCUT2D eigenvalue weighted by molar-refractivity contribution is 6.23. The number of benzene rings is 1. The zero-order valence-corrected chi connectivity index (χ0v) is 11.4. The summed E-state index contributed by atoms with van der Waals surface area (Å²) in [7, 11) is 0. The monoisotopic (exact) mass is 295 g/mol. The van der Waals surface area contributed by atoms with Gasteiger partial charge < -0.3 is 10.8 Å². The van der Waals surface area contributed by atoms with Crippen molar-refractivity contribution in [1.82, 2.24) is 10.4 Å². The molecule has 0 radical (unpaired) electrons. The number of hydrogen-bond acceptors (Lipinski definition) is 6. The quantitative estimate of drug-likeness (QED) is 0.285. The van der Waals surface area contributed by atoms with Gasteiger partial charge in [0.15, 0.2) is 0 Å². The number of para-hydroxylation sites is 1. The second kappa shape index (κ2) is 6.39. The molecule has 2 aromatic rings. The predicted octanol–water partition coefficient (Wildman–Crippen LogP) is 0.772. The maximum absolute atomic E-state index is 12.0. The van der Waals surface area contributed by atoms with Crippen molar-refractivity contribution in [2.45, 2.75) is 0 Å². The highest BCUT2D eigenvalue weighted by atomic mass is 16.3. The third kappa shape index (κ3) is 3.03. The number of carbonyl (C=O) groups is 1. The van der Waals surface area contributed by atoms with Crippen molar-refractivity contribution in [1.29, 1.82) is 5.26 Å². The molecule has 1 aromatic carbocycles. The van der Waals surface area contributed by atoms with E-state index in [2.05, 4.69) is 4.98 Å². The Hall–Kier alpha value is -3.37. The van der Waals surface area contributed by atoms with E-state index in [0.717, 1.165) is 0 Å². The van der Waals surface area contributed by atoms with Crippen molar-refractivity contribution in [2.75, 3.05) is 5.73 Å². The fourth-order valence-electron chi connectivity index (χ4n) is 1.82. The van der Waals surface area contributed by atoms with Crippen LogP contribution in [0.3, 0.4) is 0 Å². The van der Waals surface area contributed by atoms with Gasteiger partial charge in [0.2, 0.25) is 0 Å². The van der Waals surface area contributed by atoms with E-state index in [1.54, 1.807) is 18.2 Å². The molecule has 0 aliphatic rings. The van der Waals surface area contributed by atoms with E-state index in [4.69, 9.17) is 16.8 Å². The van der Waals surface area contributed by atoms with Crippen molar-refractivity contribution < 1.29 is 9.90 Å². The molecule has 0 atom stereocenters. The van der Waals surface area contributed by atoms with E-state index in [-0.39, 0.29) is 28.4 Å². The van der Waals surface area contributed by atoms with Gasteiger partial charge in [-0.05, 0) is 24.3 Å². The number of nitrogens with one attached hydrogen (secondary N) is 1. The van der Waals surface area contributed by atoms with Crippen molar-refractivity contribution in [3.63, 3.8) is 0 Å². The number of hydrazine groups is 1. The van der Waals surface area contributed by atoms with Crippen LogP contribution in [-0.2, 0) is 4.79 Å². The number of hydrogen-bond donors (Lipinski definition) is 4. The van der Waals surface area contributed by atoms with E-state index in [9.17, 15) is 9.90 Å². The van der Waals surface area contributed by atoms with E-state index in [1.165, 1.54) is 24.3 Å². The number of carbonyl (C=O) groups excluding carboxylic acids is 1. The summed E-state index contributed by atoms with van der Waals surface area (Å²) >= 11 is 0. The number of nitrogens with zero attached hydrogens (tertiary/aromatic N) is 2. The Morgan fingerprint density at radius 1 is 1.32 bits per heavy atom. The number of nitrogens with two attached hydrogens (primary N) is 2. The molecule has 0 bridgehead atoms. The largest absolute Gasteiger partial charge is 0.507 e. The van der Waals surface area contributed by atoms with Gasteiger partial charge in [-0.25, -0.2) is 10.8 Å². The van der Waals surface area contributed by atoms with Crippen molar-refractivity contribution in [3.05, 3.63) is 53.2 Å². The molecular weight excluding hydrogens is 282 g/mol. The van der Waals surface area contributed by atoms with Gasteiger partial charge in [0, 0.05) is 5.56 Å². The van der Waals surface area contributed by atoms with E-state index in [0.29, 0.717) is 5.56 Å². The van der Waals surface area contributed by atoms with Crippen LogP contribution < -0.4 is 17.0 Å². The lowest BCUT2D eigenvalue weighted by Crippen LogP contribution is -2.31. The number of nitriles is 1. The summed E-state index contributed by atoms with van der Waals surface area (Å²) in [4.78, 5) is 16.0. The zero-order chi connectivity index (χ0) is 16.1. The van der Waals surface area contributed by atoms with Gasteiger partial charge in [-0.15, -0.1) is 0 Å². The number of rotatable bonds is 3. The summed E-state index contributed by atoms with van der Waals surface area (Å²) in [6.45, 7) is 0. The third-order valence-corrected chi connectivity index (χ3v) is 2.93. The molecule has 0 spiro atoms. The maximum Gasteiger partial charge on any atom is 0.267 e. The summed E-state index contributed by atoms with van der Waals surface area (Å²) in [6, 6.07) is 11.3. The lowest BCUT2D eigenvalue weighted by molar-refractivity contribution is -0.115. The topological polar surface area (TPSA) is 138 Å². The average molecular weight is 295 g/mol. The number of nitrogen functional groups attached to an aromatic ring is 1. The van der Waals surface area contributed by atoms with Gasteiger partial charge in [0.25, 0.3) is 5.91 Å². The number of aromatic nitrogens is 1. The minimum Gasteiger partial charge on any atom is -0.507 e. The van der Waals surface area contributed by atoms with E-state index >= 15 is 0 Å². The Labute approximate surface area is 126 Å². The first-order chi connectivity index (χ1) is 10.6.